The Morgan fingerprint density at radius 3 is 3.05 bits per heavy atom. The van der Waals surface area contributed by atoms with Gasteiger partial charge >= 0.3 is 6.03 Å². The highest BCUT2D eigenvalue weighted by molar-refractivity contribution is 7.10. The van der Waals surface area contributed by atoms with Gasteiger partial charge in [0.05, 0.1) is 12.1 Å². The molecule has 1 aliphatic rings. The summed E-state index contributed by atoms with van der Waals surface area (Å²) in [6, 6.07) is 3.69. The largest absolute Gasteiger partial charge is 0.336 e. The topological polar surface area (TPSA) is 52.7 Å². The summed E-state index contributed by atoms with van der Waals surface area (Å²) in [5.74, 6) is 0.123. The Hall–Kier alpha value is -1.82. The second-order valence-corrected chi connectivity index (χ2v) is 6.21. The molecular formula is C15H21N3O2S. The second kappa shape index (κ2) is 6.76. The Kier molecular flexibility index (Phi) is 5.01. The van der Waals surface area contributed by atoms with E-state index in [-0.39, 0.29) is 24.0 Å². The molecule has 1 saturated heterocycles. The van der Waals surface area contributed by atoms with Crippen LogP contribution in [-0.2, 0) is 4.79 Å². The molecule has 2 heterocycles. The summed E-state index contributed by atoms with van der Waals surface area (Å²) in [6.45, 7) is 4.13. The zero-order valence-corrected chi connectivity index (χ0v) is 13.2. The molecule has 1 fully saturated rings. The standard InChI is InChI=1S/C15H21N3O2S/c1-4-9-17(2)15(20)16-11-7-8-13(19)18(3)14(11)12-6-5-10-21-12/h4-6,10-11,14H,1,7-9H2,2-3H3,(H,16,20)/t11-,14-/m0/s1. The van der Waals surface area contributed by atoms with Crippen LogP contribution < -0.4 is 5.32 Å². The number of carbonyl (C=O) groups excluding carboxylic acids is 2. The van der Waals surface area contributed by atoms with E-state index in [4.69, 9.17) is 0 Å². The second-order valence-electron chi connectivity index (χ2n) is 5.23. The molecule has 0 unspecified atom stereocenters. The maximum atomic E-state index is 12.2. The first-order valence-electron chi connectivity index (χ1n) is 6.96. The third-order valence-corrected chi connectivity index (χ3v) is 4.70. The van der Waals surface area contributed by atoms with Crippen LogP contribution in [0.15, 0.2) is 30.2 Å². The SMILES string of the molecule is C=CCN(C)C(=O)N[C@H]1CCC(=O)N(C)[C@@H]1c1cccs1. The Labute approximate surface area is 129 Å². The zero-order chi connectivity index (χ0) is 15.4. The molecule has 1 aliphatic heterocycles. The fourth-order valence-corrected chi connectivity index (χ4v) is 3.52. The first kappa shape index (κ1) is 15.6. The van der Waals surface area contributed by atoms with Gasteiger partial charge in [0.2, 0.25) is 5.91 Å². The molecule has 2 rings (SSSR count). The quantitative estimate of drug-likeness (QED) is 0.867. The third kappa shape index (κ3) is 3.44. The van der Waals surface area contributed by atoms with Gasteiger partial charge in [0, 0.05) is 31.9 Å². The molecule has 0 bridgehead atoms. The number of carbonyl (C=O) groups is 2. The number of nitrogens with one attached hydrogen (secondary N) is 1. The number of hydrogen-bond donors (Lipinski definition) is 1. The van der Waals surface area contributed by atoms with Crippen LogP contribution in [0.1, 0.15) is 23.8 Å². The first-order chi connectivity index (χ1) is 10.0. The van der Waals surface area contributed by atoms with Crippen molar-refractivity contribution in [3.8, 4) is 0 Å². The number of thiophene rings is 1. The molecule has 114 valence electrons. The minimum absolute atomic E-state index is 0.0638. The smallest absolute Gasteiger partial charge is 0.317 e. The van der Waals surface area contributed by atoms with E-state index in [0.717, 1.165) is 4.88 Å². The van der Waals surface area contributed by atoms with Crippen molar-refractivity contribution >= 4 is 23.3 Å². The highest BCUT2D eigenvalue weighted by Crippen LogP contribution is 2.33. The van der Waals surface area contributed by atoms with Crippen LogP contribution in [0, 0.1) is 0 Å². The lowest BCUT2D eigenvalue weighted by molar-refractivity contribution is -0.135. The summed E-state index contributed by atoms with van der Waals surface area (Å²) in [5.41, 5.74) is 0. The molecule has 0 radical (unpaired) electrons. The van der Waals surface area contributed by atoms with E-state index < -0.39 is 0 Å². The Morgan fingerprint density at radius 2 is 2.43 bits per heavy atom. The van der Waals surface area contributed by atoms with Crippen molar-refractivity contribution in [2.24, 2.45) is 0 Å². The zero-order valence-electron chi connectivity index (χ0n) is 12.4. The predicted octanol–water partition coefficient (Wildman–Crippen LogP) is 2.24. The van der Waals surface area contributed by atoms with Crippen LogP contribution >= 0.6 is 11.3 Å². The monoisotopic (exact) mass is 307 g/mol. The first-order valence-corrected chi connectivity index (χ1v) is 7.84. The van der Waals surface area contributed by atoms with Crippen LogP contribution in [-0.4, -0.2) is 48.4 Å². The summed E-state index contributed by atoms with van der Waals surface area (Å²) in [5, 5.41) is 5.04. The van der Waals surface area contributed by atoms with Crippen LogP contribution in [0.25, 0.3) is 0 Å². The highest BCUT2D eigenvalue weighted by atomic mass is 32.1. The lowest BCUT2D eigenvalue weighted by Gasteiger charge is -2.39. The van der Waals surface area contributed by atoms with E-state index in [0.29, 0.717) is 19.4 Å². The highest BCUT2D eigenvalue weighted by Gasteiger charge is 2.36. The molecule has 6 heteroatoms. The fourth-order valence-electron chi connectivity index (χ4n) is 2.58. The van der Waals surface area contributed by atoms with Gasteiger partial charge in [-0.2, -0.15) is 0 Å². The lowest BCUT2D eigenvalue weighted by atomic mass is 9.95. The van der Waals surface area contributed by atoms with E-state index in [1.54, 1.807) is 41.3 Å². The van der Waals surface area contributed by atoms with Gasteiger partial charge in [-0.3, -0.25) is 4.79 Å². The van der Waals surface area contributed by atoms with Crippen molar-refractivity contribution < 1.29 is 9.59 Å². The number of amides is 3. The molecule has 0 spiro atoms. The van der Waals surface area contributed by atoms with E-state index in [1.165, 1.54) is 0 Å². The predicted molar refractivity (Wildman–Crippen MR) is 84.2 cm³/mol. The van der Waals surface area contributed by atoms with Crippen molar-refractivity contribution in [3.05, 3.63) is 35.0 Å². The van der Waals surface area contributed by atoms with Gasteiger partial charge in [-0.1, -0.05) is 12.1 Å². The molecule has 3 amide bonds. The van der Waals surface area contributed by atoms with Crippen LogP contribution in [0.3, 0.4) is 0 Å². The molecule has 0 aliphatic carbocycles. The average molecular weight is 307 g/mol. The van der Waals surface area contributed by atoms with Crippen molar-refractivity contribution in [1.29, 1.82) is 0 Å². The number of likely N-dealkylation sites (N-methyl/N-ethyl adjacent to an activating group) is 2. The van der Waals surface area contributed by atoms with Gasteiger partial charge in [0.25, 0.3) is 0 Å². The number of piperidine rings is 1. The molecular weight excluding hydrogens is 286 g/mol. The van der Waals surface area contributed by atoms with Gasteiger partial charge in [-0.05, 0) is 17.9 Å². The number of nitrogens with zero attached hydrogens (tertiary/aromatic N) is 2. The average Bonchev–Trinajstić information content (AvgIpc) is 2.97. The van der Waals surface area contributed by atoms with E-state index in [9.17, 15) is 9.59 Å². The van der Waals surface area contributed by atoms with Crippen molar-refractivity contribution in [3.63, 3.8) is 0 Å². The Bertz CT molecular complexity index is 515. The van der Waals surface area contributed by atoms with E-state index in [1.807, 2.05) is 17.5 Å². The molecule has 0 aromatic carbocycles. The van der Waals surface area contributed by atoms with E-state index in [2.05, 4.69) is 11.9 Å². The van der Waals surface area contributed by atoms with Gasteiger partial charge in [-0.15, -0.1) is 17.9 Å². The maximum absolute atomic E-state index is 12.2. The molecule has 21 heavy (non-hydrogen) atoms. The van der Waals surface area contributed by atoms with Crippen molar-refractivity contribution in [2.45, 2.75) is 24.9 Å². The molecule has 1 N–H and O–H groups in total. The maximum Gasteiger partial charge on any atom is 0.317 e. The van der Waals surface area contributed by atoms with Gasteiger partial charge in [-0.25, -0.2) is 4.79 Å². The van der Waals surface area contributed by atoms with Crippen molar-refractivity contribution in [1.82, 2.24) is 15.1 Å². The molecule has 5 nitrogen and oxygen atoms in total. The third-order valence-electron chi connectivity index (χ3n) is 3.75. The summed E-state index contributed by atoms with van der Waals surface area (Å²) in [4.78, 5) is 28.6. The molecule has 1 aromatic rings. The van der Waals surface area contributed by atoms with Crippen LogP contribution in [0.5, 0.6) is 0 Å². The van der Waals surface area contributed by atoms with Gasteiger partial charge in [0.1, 0.15) is 0 Å². The van der Waals surface area contributed by atoms with Crippen LogP contribution in [0.4, 0.5) is 4.79 Å². The fraction of sp³-hybridized carbons (Fsp3) is 0.467. The minimum Gasteiger partial charge on any atom is -0.336 e. The van der Waals surface area contributed by atoms with Gasteiger partial charge in [0.15, 0.2) is 0 Å². The Morgan fingerprint density at radius 1 is 1.67 bits per heavy atom. The minimum atomic E-state index is -0.135. The summed E-state index contributed by atoms with van der Waals surface area (Å²) < 4.78 is 0. The summed E-state index contributed by atoms with van der Waals surface area (Å²) >= 11 is 1.61. The lowest BCUT2D eigenvalue weighted by Crippen LogP contribution is -2.53. The van der Waals surface area contributed by atoms with Gasteiger partial charge < -0.3 is 15.1 Å². The number of rotatable bonds is 4. The number of likely N-dealkylation sites (tertiary alicyclic amines) is 1. The van der Waals surface area contributed by atoms with Crippen molar-refractivity contribution in [2.75, 3.05) is 20.6 Å². The molecule has 2 atom stereocenters. The normalized spacial score (nSPS) is 22.0. The molecule has 1 aromatic heterocycles. The van der Waals surface area contributed by atoms with E-state index >= 15 is 0 Å². The Balaban J connectivity index is 2.14. The summed E-state index contributed by atoms with van der Waals surface area (Å²) in [6.07, 6.45) is 2.82. The summed E-state index contributed by atoms with van der Waals surface area (Å²) in [7, 11) is 3.54. The number of urea groups is 1. The number of hydrogen-bond acceptors (Lipinski definition) is 3. The molecule has 0 saturated carbocycles. The van der Waals surface area contributed by atoms with Crippen LogP contribution in [0.2, 0.25) is 0 Å².